The number of benzene rings is 1. The van der Waals surface area contributed by atoms with E-state index in [1.165, 1.54) is 17.4 Å². The largest absolute Gasteiger partial charge is 0.477 e. The molecule has 3 aromatic rings. The smallest absolute Gasteiger partial charge is 0.342 e. The quantitative estimate of drug-likeness (QED) is 0.691. The SMILES string of the molecule is CC1CN(c2c(F)cc3c(=O)c(C(=O)O)c4scc5n4c3c2N(C)C5)CC(C)O1. The monoisotopic (exact) mass is 417 g/mol. The third-order valence-corrected chi connectivity index (χ3v) is 6.64. The predicted octanol–water partition coefficient (Wildman–Crippen LogP) is 2.91. The van der Waals surface area contributed by atoms with Crippen molar-refractivity contribution >= 4 is 44.4 Å². The highest BCUT2D eigenvalue weighted by molar-refractivity contribution is 7.16. The molecule has 0 aliphatic carbocycles. The van der Waals surface area contributed by atoms with Gasteiger partial charge in [0.15, 0.2) is 0 Å². The first-order valence-electron chi connectivity index (χ1n) is 9.44. The maximum Gasteiger partial charge on any atom is 0.342 e. The van der Waals surface area contributed by atoms with Gasteiger partial charge in [0.05, 0.1) is 46.7 Å². The van der Waals surface area contributed by atoms with Gasteiger partial charge in [-0.05, 0) is 19.9 Å². The van der Waals surface area contributed by atoms with Crippen molar-refractivity contribution in [3.8, 4) is 0 Å². The molecule has 0 saturated carbocycles. The Bertz CT molecular complexity index is 1240. The van der Waals surface area contributed by atoms with Gasteiger partial charge in [0.2, 0.25) is 5.43 Å². The lowest BCUT2D eigenvalue weighted by molar-refractivity contribution is -0.00536. The molecule has 2 aliphatic rings. The van der Waals surface area contributed by atoms with E-state index in [0.29, 0.717) is 41.4 Å². The molecular weight excluding hydrogens is 397 g/mol. The molecule has 0 amide bonds. The molecule has 2 unspecified atom stereocenters. The third-order valence-electron chi connectivity index (χ3n) is 5.64. The molecule has 9 heteroatoms. The number of hydrogen-bond acceptors (Lipinski definition) is 6. The fourth-order valence-corrected chi connectivity index (χ4v) is 5.70. The number of carbonyl (C=O) groups is 1. The first kappa shape index (κ1) is 18.4. The molecule has 0 spiro atoms. The standard InChI is InChI=1S/C20H20FN3O4S/c1-9-5-23(6-10(2)28-9)16-13(21)4-12-15-17(16)22(3)7-11-8-29-19(24(11)15)14(18(12)25)20(26)27/h4,8-10H,5-7H2,1-3H3,(H,26,27). The second-order valence-corrected chi connectivity index (χ2v) is 8.71. The van der Waals surface area contributed by atoms with E-state index in [0.717, 1.165) is 5.69 Å². The second-order valence-electron chi connectivity index (χ2n) is 7.85. The number of nitrogens with zero attached hydrogens (tertiary/aromatic N) is 3. The van der Waals surface area contributed by atoms with Gasteiger partial charge in [-0.25, -0.2) is 9.18 Å². The average molecular weight is 417 g/mol. The van der Waals surface area contributed by atoms with Crippen LogP contribution < -0.4 is 15.2 Å². The molecule has 29 heavy (non-hydrogen) atoms. The number of hydrogen-bond donors (Lipinski definition) is 1. The van der Waals surface area contributed by atoms with Gasteiger partial charge in [0, 0.05) is 25.5 Å². The van der Waals surface area contributed by atoms with Crippen LogP contribution >= 0.6 is 11.3 Å². The van der Waals surface area contributed by atoms with Crippen LogP contribution in [0, 0.1) is 5.82 Å². The lowest BCUT2D eigenvalue weighted by Crippen LogP contribution is -2.46. The van der Waals surface area contributed by atoms with Crippen molar-refractivity contribution in [2.75, 3.05) is 29.9 Å². The number of aromatic carboxylic acids is 1. The number of pyridine rings is 1. The normalized spacial score (nSPS) is 21.5. The molecule has 1 N–H and O–H groups in total. The van der Waals surface area contributed by atoms with Gasteiger partial charge < -0.3 is 19.6 Å². The van der Waals surface area contributed by atoms with Gasteiger partial charge in [-0.1, -0.05) is 0 Å². The summed E-state index contributed by atoms with van der Waals surface area (Å²) >= 11 is 1.23. The molecule has 4 heterocycles. The van der Waals surface area contributed by atoms with Crippen LogP contribution in [0.4, 0.5) is 15.8 Å². The first-order chi connectivity index (χ1) is 13.8. The first-order valence-corrected chi connectivity index (χ1v) is 10.3. The molecule has 2 aromatic heterocycles. The molecule has 1 saturated heterocycles. The van der Waals surface area contributed by atoms with Crippen molar-refractivity contribution in [1.82, 2.24) is 4.40 Å². The fraction of sp³-hybridized carbons (Fsp3) is 0.400. The maximum atomic E-state index is 15.4. The highest BCUT2D eigenvalue weighted by atomic mass is 32.1. The highest BCUT2D eigenvalue weighted by Gasteiger charge is 2.33. The number of carboxylic acid groups (broad SMARTS) is 1. The molecule has 1 fully saturated rings. The number of rotatable bonds is 2. The zero-order valence-corrected chi connectivity index (χ0v) is 17.0. The Labute approximate surface area is 169 Å². The summed E-state index contributed by atoms with van der Waals surface area (Å²) in [5.41, 5.74) is 1.57. The van der Waals surface area contributed by atoms with Gasteiger partial charge >= 0.3 is 5.97 Å². The van der Waals surface area contributed by atoms with E-state index in [1.54, 1.807) is 0 Å². The molecule has 2 atom stereocenters. The number of anilines is 2. The summed E-state index contributed by atoms with van der Waals surface area (Å²) in [6, 6.07) is 1.20. The lowest BCUT2D eigenvalue weighted by atomic mass is 10.0. The average Bonchev–Trinajstić information content (AvgIpc) is 3.03. The summed E-state index contributed by atoms with van der Waals surface area (Å²) < 4.78 is 23.1. The summed E-state index contributed by atoms with van der Waals surface area (Å²) in [6.07, 6.45) is -0.104. The van der Waals surface area contributed by atoms with Crippen LogP contribution in [0.5, 0.6) is 0 Å². The minimum Gasteiger partial charge on any atom is -0.477 e. The summed E-state index contributed by atoms with van der Waals surface area (Å²) in [7, 11) is 1.87. The van der Waals surface area contributed by atoms with Crippen molar-refractivity contribution in [3.63, 3.8) is 0 Å². The Balaban J connectivity index is 1.92. The Hall–Kier alpha value is -2.65. The molecule has 0 radical (unpaired) electrons. The van der Waals surface area contributed by atoms with Crippen molar-refractivity contribution < 1.29 is 19.0 Å². The zero-order chi connectivity index (χ0) is 20.6. The number of halogens is 1. The molecule has 152 valence electrons. The van der Waals surface area contributed by atoms with Crippen molar-refractivity contribution in [2.45, 2.75) is 32.6 Å². The van der Waals surface area contributed by atoms with Crippen LogP contribution in [0.2, 0.25) is 0 Å². The van der Waals surface area contributed by atoms with E-state index in [9.17, 15) is 14.7 Å². The van der Waals surface area contributed by atoms with E-state index in [4.69, 9.17) is 4.74 Å². The van der Waals surface area contributed by atoms with Crippen LogP contribution in [0.25, 0.3) is 15.7 Å². The summed E-state index contributed by atoms with van der Waals surface area (Å²) in [4.78, 5) is 29.1. The van der Waals surface area contributed by atoms with Gasteiger partial charge in [0.25, 0.3) is 0 Å². The van der Waals surface area contributed by atoms with Gasteiger partial charge in [0.1, 0.15) is 16.2 Å². The number of carboxylic acids is 1. The van der Waals surface area contributed by atoms with Crippen molar-refractivity contribution in [3.05, 3.63) is 38.7 Å². The topological polar surface area (TPSA) is 74.5 Å². The van der Waals surface area contributed by atoms with E-state index in [1.807, 2.05) is 40.5 Å². The van der Waals surface area contributed by atoms with Crippen LogP contribution in [0.1, 0.15) is 29.9 Å². The van der Waals surface area contributed by atoms with Crippen molar-refractivity contribution in [2.24, 2.45) is 0 Å². The molecule has 0 bridgehead atoms. The number of ether oxygens (including phenoxy) is 1. The van der Waals surface area contributed by atoms with E-state index >= 15 is 4.39 Å². The van der Waals surface area contributed by atoms with Crippen LogP contribution in [-0.4, -0.2) is 47.8 Å². The summed E-state index contributed by atoms with van der Waals surface area (Å²) in [5.74, 6) is -1.81. The number of thiazole rings is 1. The third kappa shape index (κ3) is 2.50. The summed E-state index contributed by atoms with van der Waals surface area (Å²) in [6.45, 7) is 5.48. The minimum absolute atomic E-state index is 0.0521. The summed E-state index contributed by atoms with van der Waals surface area (Å²) in [5, 5.41) is 11.6. The van der Waals surface area contributed by atoms with E-state index in [2.05, 4.69) is 0 Å². The molecule has 7 nitrogen and oxygen atoms in total. The Morgan fingerprint density at radius 3 is 2.62 bits per heavy atom. The minimum atomic E-state index is -1.29. The van der Waals surface area contributed by atoms with Crippen molar-refractivity contribution in [1.29, 1.82) is 0 Å². The van der Waals surface area contributed by atoms with Gasteiger partial charge in [-0.3, -0.25) is 9.20 Å². The van der Waals surface area contributed by atoms with Crippen LogP contribution in [0.15, 0.2) is 16.2 Å². The molecular formula is C20H20FN3O4S. The fourth-order valence-electron chi connectivity index (χ4n) is 4.66. The van der Waals surface area contributed by atoms with E-state index < -0.39 is 17.2 Å². The second kappa shape index (κ2) is 6.17. The lowest BCUT2D eigenvalue weighted by Gasteiger charge is -2.40. The molecule has 2 aliphatic heterocycles. The number of morpholine rings is 1. The van der Waals surface area contributed by atoms with Gasteiger partial charge in [-0.2, -0.15) is 0 Å². The van der Waals surface area contributed by atoms with E-state index in [-0.39, 0.29) is 23.2 Å². The Morgan fingerprint density at radius 2 is 1.97 bits per heavy atom. The molecule has 1 aromatic carbocycles. The Kier molecular flexibility index (Phi) is 3.91. The predicted molar refractivity (Wildman–Crippen MR) is 110 cm³/mol. The van der Waals surface area contributed by atoms with Crippen LogP contribution in [0.3, 0.4) is 0 Å². The van der Waals surface area contributed by atoms with Gasteiger partial charge in [-0.15, -0.1) is 11.3 Å². The maximum absolute atomic E-state index is 15.4. The highest BCUT2D eigenvalue weighted by Crippen LogP contribution is 2.43. The van der Waals surface area contributed by atoms with Crippen LogP contribution in [-0.2, 0) is 11.3 Å². The number of aromatic nitrogens is 1. The Morgan fingerprint density at radius 1 is 1.28 bits per heavy atom. The zero-order valence-electron chi connectivity index (χ0n) is 16.2. The molecule has 5 rings (SSSR count).